The highest BCUT2D eigenvalue weighted by molar-refractivity contribution is 7.80. The van der Waals surface area contributed by atoms with Gasteiger partial charge in [-0.15, -0.1) is 0 Å². The predicted octanol–water partition coefficient (Wildman–Crippen LogP) is 3.14. The van der Waals surface area contributed by atoms with Crippen molar-refractivity contribution in [2.45, 2.75) is 52.0 Å². The molecular formula is C16H32N2S. The number of fused-ring (bicyclic) bond motifs is 1. The Kier molecular flexibility index (Phi) is 5.62. The minimum absolute atomic E-state index is 0.441. The lowest BCUT2D eigenvalue weighted by Gasteiger charge is -2.48. The van der Waals surface area contributed by atoms with Crippen LogP contribution in [0.2, 0.25) is 0 Å². The Balaban J connectivity index is 1.93. The maximum absolute atomic E-state index is 4.63. The Labute approximate surface area is 125 Å². The van der Waals surface area contributed by atoms with E-state index in [1.807, 2.05) is 0 Å². The summed E-state index contributed by atoms with van der Waals surface area (Å²) in [7, 11) is 2.32. The molecule has 2 atom stereocenters. The van der Waals surface area contributed by atoms with Crippen molar-refractivity contribution in [3.63, 3.8) is 0 Å². The summed E-state index contributed by atoms with van der Waals surface area (Å²) in [4.78, 5) is 5.35. The lowest BCUT2D eigenvalue weighted by Crippen LogP contribution is -2.54. The van der Waals surface area contributed by atoms with E-state index in [0.717, 1.165) is 17.7 Å². The smallest absolute Gasteiger partial charge is 0.0145 e. The van der Waals surface area contributed by atoms with E-state index in [4.69, 9.17) is 0 Å². The molecule has 0 aromatic carbocycles. The van der Waals surface area contributed by atoms with E-state index in [1.54, 1.807) is 0 Å². The molecule has 0 radical (unpaired) electrons. The fourth-order valence-corrected chi connectivity index (χ4v) is 4.64. The summed E-state index contributed by atoms with van der Waals surface area (Å²) in [6.07, 6.45) is 6.73. The van der Waals surface area contributed by atoms with E-state index in [0.29, 0.717) is 5.41 Å². The van der Waals surface area contributed by atoms with Crippen LogP contribution in [0.25, 0.3) is 0 Å². The fraction of sp³-hybridized carbons (Fsp3) is 1.00. The SMILES string of the molecule is CCC(CC)(CS)CN1CCC2C(CCCN2C)C1. The number of nitrogens with zero attached hydrogens (tertiary/aromatic N) is 2. The molecule has 0 spiro atoms. The summed E-state index contributed by atoms with van der Waals surface area (Å²) in [5, 5.41) is 0. The van der Waals surface area contributed by atoms with Crippen LogP contribution in [-0.2, 0) is 0 Å². The van der Waals surface area contributed by atoms with Gasteiger partial charge in [-0.25, -0.2) is 0 Å². The Morgan fingerprint density at radius 1 is 1.16 bits per heavy atom. The second-order valence-electron chi connectivity index (χ2n) is 6.84. The first kappa shape index (κ1) is 15.7. The molecule has 2 aliphatic heterocycles. The van der Waals surface area contributed by atoms with Crippen molar-refractivity contribution < 1.29 is 0 Å². The molecule has 2 heterocycles. The third-order valence-corrected chi connectivity index (χ3v) is 6.50. The molecule has 2 aliphatic rings. The molecule has 2 rings (SSSR count). The van der Waals surface area contributed by atoms with Gasteiger partial charge in [-0.05, 0) is 69.3 Å². The largest absolute Gasteiger partial charge is 0.303 e. The number of hydrogen-bond acceptors (Lipinski definition) is 3. The van der Waals surface area contributed by atoms with Crippen molar-refractivity contribution in [2.75, 3.05) is 39.0 Å². The van der Waals surface area contributed by atoms with Gasteiger partial charge in [0.25, 0.3) is 0 Å². The van der Waals surface area contributed by atoms with Crippen LogP contribution in [0.4, 0.5) is 0 Å². The van der Waals surface area contributed by atoms with Gasteiger partial charge in [0.1, 0.15) is 0 Å². The summed E-state index contributed by atoms with van der Waals surface area (Å²) in [6, 6.07) is 0.860. The number of hydrogen-bond donors (Lipinski definition) is 1. The first-order valence-corrected chi connectivity index (χ1v) is 8.81. The molecule has 2 unspecified atom stereocenters. The first-order chi connectivity index (χ1) is 9.14. The van der Waals surface area contributed by atoms with E-state index in [1.165, 1.54) is 58.3 Å². The van der Waals surface area contributed by atoms with Crippen molar-refractivity contribution in [1.29, 1.82) is 0 Å². The maximum atomic E-state index is 4.63. The molecule has 0 aliphatic carbocycles. The van der Waals surface area contributed by atoms with E-state index in [-0.39, 0.29) is 0 Å². The Hall–Kier alpha value is 0.270. The third-order valence-electron chi connectivity index (χ3n) is 5.82. The summed E-state index contributed by atoms with van der Waals surface area (Å²) in [5.74, 6) is 1.95. The van der Waals surface area contributed by atoms with Gasteiger partial charge < -0.3 is 9.80 Å². The van der Waals surface area contributed by atoms with Crippen LogP contribution >= 0.6 is 12.6 Å². The average Bonchev–Trinajstić information content (AvgIpc) is 2.45. The highest BCUT2D eigenvalue weighted by Gasteiger charge is 2.36. The third kappa shape index (κ3) is 3.48. The Bertz CT molecular complexity index is 270. The lowest BCUT2D eigenvalue weighted by molar-refractivity contribution is 0.0210. The number of likely N-dealkylation sites (tertiary alicyclic amines) is 2. The predicted molar refractivity (Wildman–Crippen MR) is 87.1 cm³/mol. The van der Waals surface area contributed by atoms with Gasteiger partial charge in [0.2, 0.25) is 0 Å². The first-order valence-electron chi connectivity index (χ1n) is 8.17. The van der Waals surface area contributed by atoms with Gasteiger partial charge in [0.05, 0.1) is 0 Å². The van der Waals surface area contributed by atoms with Crippen molar-refractivity contribution in [2.24, 2.45) is 11.3 Å². The van der Waals surface area contributed by atoms with Crippen LogP contribution in [-0.4, -0.2) is 54.8 Å². The van der Waals surface area contributed by atoms with Crippen molar-refractivity contribution in [1.82, 2.24) is 9.80 Å². The van der Waals surface area contributed by atoms with E-state index in [9.17, 15) is 0 Å². The molecule has 2 fully saturated rings. The van der Waals surface area contributed by atoms with E-state index < -0.39 is 0 Å². The molecule has 0 saturated carbocycles. The minimum Gasteiger partial charge on any atom is -0.303 e. The van der Waals surface area contributed by atoms with Crippen LogP contribution in [0.3, 0.4) is 0 Å². The monoisotopic (exact) mass is 284 g/mol. The molecule has 0 N–H and O–H groups in total. The normalized spacial score (nSPS) is 30.3. The van der Waals surface area contributed by atoms with Gasteiger partial charge in [0.15, 0.2) is 0 Å². The number of piperidine rings is 2. The van der Waals surface area contributed by atoms with Gasteiger partial charge in [-0.2, -0.15) is 12.6 Å². The molecule has 2 saturated heterocycles. The second-order valence-corrected chi connectivity index (χ2v) is 7.16. The summed E-state index contributed by atoms with van der Waals surface area (Å²) < 4.78 is 0. The van der Waals surface area contributed by atoms with Crippen molar-refractivity contribution in [3.8, 4) is 0 Å². The van der Waals surface area contributed by atoms with Gasteiger partial charge in [-0.3, -0.25) is 0 Å². The quantitative estimate of drug-likeness (QED) is 0.775. The van der Waals surface area contributed by atoms with E-state index in [2.05, 4.69) is 43.3 Å². The molecule has 3 heteroatoms. The fourth-order valence-electron chi connectivity index (χ4n) is 4.09. The number of rotatable bonds is 5. The van der Waals surface area contributed by atoms with Crippen molar-refractivity contribution in [3.05, 3.63) is 0 Å². The molecule has 0 amide bonds. The zero-order valence-corrected chi connectivity index (χ0v) is 14.0. The zero-order chi connectivity index (χ0) is 13.9. The van der Waals surface area contributed by atoms with Crippen LogP contribution in [0, 0.1) is 11.3 Å². The molecule has 19 heavy (non-hydrogen) atoms. The Morgan fingerprint density at radius 3 is 2.53 bits per heavy atom. The highest BCUT2D eigenvalue weighted by Crippen LogP contribution is 2.34. The summed E-state index contributed by atoms with van der Waals surface area (Å²) in [5.41, 5.74) is 0.441. The molecule has 112 valence electrons. The zero-order valence-electron chi connectivity index (χ0n) is 13.1. The summed E-state index contributed by atoms with van der Waals surface area (Å²) in [6.45, 7) is 9.86. The van der Waals surface area contributed by atoms with Crippen LogP contribution in [0.5, 0.6) is 0 Å². The van der Waals surface area contributed by atoms with Crippen LogP contribution in [0.1, 0.15) is 46.0 Å². The molecule has 0 aromatic rings. The van der Waals surface area contributed by atoms with Gasteiger partial charge >= 0.3 is 0 Å². The van der Waals surface area contributed by atoms with E-state index >= 15 is 0 Å². The number of thiol groups is 1. The van der Waals surface area contributed by atoms with Crippen molar-refractivity contribution >= 4 is 12.6 Å². The molecule has 0 bridgehead atoms. The summed E-state index contributed by atoms with van der Waals surface area (Å²) >= 11 is 4.63. The van der Waals surface area contributed by atoms with Gasteiger partial charge in [-0.1, -0.05) is 13.8 Å². The highest BCUT2D eigenvalue weighted by atomic mass is 32.1. The molecular weight excluding hydrogens is 252 g/mol. The maximum Gasteiger partial charge on any atom is 0.0145 e. The standard InChI is InChI=1S/C16H32N2S/c1-4-16(5-2,13-19)12-18-10-8-15-14(11-18)7-6-9-17(15)3/h14-15,19H,4-13H2,1-3H3. The topological polar surface area (TPSA) is 6.48 Å². The Morgan fingerprint density at radius 2 is 1.89 bits per heavy atom. The second kappa shape index (κ2) is 6.82. The average molecular weight is 285 g/mol. The molecule has 0 aromatic heterocycles. The van der Waals surface area contributed by atoms with Crippen LogP contribution < -0.4 is 0 Å². The minimum atomic E-state index is 0.441. The molecule has 2 nitrogen and oxygen atoms in total. The van der Waals surface area contributed by atoms with Crippen LogP contribution in [0.15, 0.2) is 0 Å². The van der Waals surface area contributed by atoms with Gasteiger partial charge in [0, 0.05) is 19.1 Å². The lowest BCUT2D eigenvalue weighted by atomic mass is 9.80.